The fraction of sp³-hybridized carbons (Fsp3) is 0.133. The molecule has 0 aliphatic heterocycles. The second-order valence-corrected chi connectivity index (χ2v) is 5.69. The Balaban J connectivity index is 2.46. The average Bonchev–Trinajstić information content (AvgIpc) is 2.56. The third-order valence-corrected chi connectivity index (χ3v) is 4.01. The number of halogens is 2. The van der Waals surface area contributed by atoms with Crippen molar-refractivity contribution in [3.8, 4) is 0 Å². The number of ketones is 1. The zero-order chi connectivity index (χ0) is 18.7. The van der Waals surface area contributed by atoms with Crippen LogP contribution >= 0.6 is 23.2 Å². The molecule has 8 nitrogen and oxygen atoms in total. The van der Waals surface area contributed by atoms with E-state index >= 15 is 0 Å². The molecule has 25 heavy (non-hydrogen) atoms. The molecule has 2 rings (SSSR count). The molecule has 0 saturated heterocycles. The number of nitrogens with zero attached hydrogens (tertiary/aromatic N) is 2. The molecular weight excluding hydrogens is 375 g/mol. The second kappa shape index (κ2) is 7.56. The first-order chi connectivity index (χ1) is 11.8. The lowest BCUT2D eigenvalue weighted by molar-refractivity contribution is -0.384. The second-order valence-electron chi connectivity index (χ2n) is 4.87. The van der Waals surface area contributed by atoms with Crippen molar-refractivity contribution in [2.75, 3.05) is 7.11 Å². The Hall–Kier alpha value is -2.55. The van der Waals surface area contributed by atoms with Gasteiger partial charge in [0.25, 0.3) is 11.4 Å². The predicted octanol–water partition coefficient (Wildman–Crippen LogP) is 4.38. The smallest absolute Gasteiger partial charge is 0.288 e. The van der Waals surface area contributed by atoms with Gasteiger partial charge in [0.05, 0.1) is 9.85 Å². The predicted molar refractivity (Wildman–Crippen MR) is 90.3 cm³/mol. The van der Waals surface area contributed by atoms with Gasteiger partial charge in [-0.15, -0.1) is 0 Å². The van der Waals surface area contributed by atoms with Crippen LogP contribution in [0.15, 0.2) is 36.4 Å². The van der Waals surface area contributed by atoms with Gasteiger partial charge in [-0.1, -0.05) is 29.3 Å². The molecule has 0 fully saturated rings. The van der Waals surface area contributed by atoms with E-state index in [0.29, 0.717) is 0 Å². The van der Waals surface area contributed by atoms with Gasteiger partial charge in [-0.05, 0) is 23.8 Å². The van der Waals surface area contributed by atoms with Crippen LogP contribution in [0.3, 0.4) is 0 Å². The van der Waals surface area contributed by atoms with Gasteiger partial charge in [-0.25, -0.2) is 0 Å². The summed E-state index contributed by atoms with van der Waals surface area (Å²) in [6, 6.07) is 7.38. The van der Waals surface area contributed by atoms with Crippen molar-refractivity contribution in [2.45, 2.75) is 6.10 Å². The van der Waals surface area contributed by atoms with E-state index in [0.717, 1.165) is 12.1 Å². The summed E-state index contributed by atoms with van der Waals surface area (Å²) < 4.78 is 5.14. The molecular formula is C15H10Cl2N2O6. The lowest BCUT2D eigenvalue weighted by Crippen LogP contribution is -2.15. The van der Waals surface area contributed by atoms with Crippen molar-refractivity contribution >= 4 is 40.4 Å². The van der Waals surface area contributed by atoms with Gasteiger partial charge < -0.3 is 4.74 Å². The van der Waals surface area contributed by atoms with Gasteiger partial charge in [0.15, 0.2) is 5.78 Å². The molecule has 0 aromatic heterocycles. The maximum absolute atomic E-state index is 12.6. The van der Waals surface area contributed by atoms with Gasteiger partial charge in [0, 0.05) is 24.8 Å². The maximum atomic E-state index is 12.6. The lowest BCUT2D eigenvalue weighted by atomic mass is 9.99. The summed E-state index contributed by atoms with van der Waals surface area (Å²) in [6.07, 6.45) is -1.20. The number of rotatable bonds is 6. The van der Waals surface area contributed by atoms with E-state index in [1.54, 1.807) is 0 Å². The summed E-state index contributed by atoms with van der Waals surface area (Å²) in [5.41, 5.74) is -0.623. The number of nitro benzene ring substituents is 2. The third kappa shape index (κ3) is 3.93. The van der Waals surface area contributed by atoms with Crippen LogP contribution in [0.5, 0.6) is 0 Å². The van der Waals surface area contributed by atoms with Crippen LogP contribution in [-0.2, 0) is 4.74 Å². The SMILES string of the molecule is COC(C(=O)c1ccc(Cl)c([N+](=O)[O-])c1)c1ccc(Cl)c([N+](=O)[O-])c1. The number of carbonyl (C=O) groups excluding carboxylic acids is 1. The Morgan fingerprint density at radius 2 is 1.52 bits per heavy atom. The molecule has 0 spiro atoms. The first-order valence-electron chi connectivity index (χ1n) is 6.71. The topological polar surface area (TPSA) is 113 Å². The molecule has 0 bridgehead atoms. The summed E-state index contributed by atoms with van der Waals surface area (Å²) in [5, 5.41) is 21.7. The number of ether oxygens (including phenoxy) is 1. The maximum Gasteiger partial charge on any atom is 0.288 e. The van der Waals surface area contributed by atoms with E-state index in [2.05, 4.69) is 0 Å². The number of methoxy groups -OCH3 is 1. The number of hydrogen-bond acceptors (Lipinski definition) is 6. The summed E-state index contributed by atoms with van der Waals surface area (Å²) in [5.74, 6) is -0.612. The van der Waals surface area contributed by atoms with E-state index in [4.69, 9.17) is 27.9 Å². The van der Waals surface area contributed by atoms with Crippen LogP contribution < -0.4 is 0 Å². The first kappa shape index (κ1) is 18.8. The van der Waals surface area contributed by atoms with Crippen LogP contribution in [0.2, 0.25) is 10.0 Å². The number of nitro groups is 2. The van der Waals surface area contributed by atoms with Crippen molar-refractivity contribution in [3.63, 3.8) is 0 Å². The van der Waals surface area contributed by atoms with E-state index in [1.807, 2.05) is 0 Å². The highest BCUT2D eigenvalue weighted by atomic mass is 35.5. The Bertz CT molecular complexity index is 871. The summed E-state index contributed by atoms with van der Waals surface area (Å²) in [7, 11) is 1.24. The molecule has 0 aliphatic carbocycles. The van der Waals surface area contributed by atoms with Gasteiger partial charge in [0.1, 0.15) is 16.1 Å². The fourth-order valence-electron chi connectivity index (χ4n) is 2.18. The monoisotopic (exact) mass is 384 g/mol. The number of Topliss-reactive ketones (excluding diaryl/α,β-unsaturated/α-hetero) is 1. The van der Waals surface area contributed by atoms with E-state index in [9.17, 15) is 25.0 Å². The normalized spacial score (nSPS) is 11.8. The van der Waals surface area contributed by atoms with Gasteiger partial charge >= 0.3 is 0 Å². The minimum atomic E-state index is -1.20. The first-order valence-corrected chi connectivity index (χ1v) is 7.46. The standard InChI is InChI=1S/C15H10Cl2N2O6/c1-25-15(9-3-5-11(17)13(7-9)19(23)24)14(20)8-2-4-10(16)12(6-8)18(21)22/h2-7,15H,1H3. The highest BCUT2D eigenvalue weighted by molar-refractivity contribution is 6.33. The molecule has 130 valence electrons. The van der Waals surface area contributed by atoms with Crippen molar-refractivity contribution in [1.29, 1.82) is 0 Å². The minimum absolute atomic E-state index is 0.0134. The lowest BCUT2D eigenvalue weighted by Gasteiger charge is -2.15. The van der Waals surface area contributed by atoms with Crippen molar-refractivity contribution in [3.05, 3.63) is 77.8 Å². The third-order valence-electron chi connectivity index (χ3n) is 3.37. The van der Waals surface area contributed by atoms with Crippen LogP contribution in [0.1, 0.15) is 22.0 Å². The number of hydrogen-bond donors (Lipinski definition) is 0. The highest BCUT2D eigenvalue weighted by Crippen LogP contribution is 2.32. The van der Waals surface area contributed by atoms with Crippen molar-refractivity contribution < 1.29 is 19.4 Å². The van der Waals surface area contributed by atoms with Crippen LogP contribution in [0.4, 0.5) is 11.4 Å². The van der Waals surface area contributed by atoms with Crippen LogP contribution in [0.25, 0.3) is 0 Å². The fourth-order valence-corrected chi connectivity index (χ4v) is 2.56. The zero-order valence-electron chi connectivity index (χ0n) is 12.6. The van der Waals surface area contributed by atoms with E-state index < -0.39 is 27.4 Å². The molecule has 0 N–H and O–H groups in total. The average molecular weight is 385 g/mol. The van der Waals surface area contributed by atoms with E-state index in [1.165, 1.54) is 31.4 Å². The zero-order valence-corrected chi connectivity index (χ0v) is 14.2. The largest absolute Gasteiger partial charge is 0.369 e. The summed E-state index contributed by atoms with van der Waals surface area (Å²) >= 11 is 11.5. The molecule has 2 aromatic rings. The molecule has 0 amide bonds. The van der Waals surface area contributed by atoms with Crippen molar-refractivity contribution in [2.24, 2.45) is 0 Å². The Morgan fingerprint density at radius 1 is 1.00 bits per heavy atom. The quantitative estimate of drug-likeness (QED) is 0.414. The van der Waals surface area contributed by atoms with Gasteiger partial charge in [-0.2, -0.15) is 0 Å². The molecule has 0 radical (unpaired) electrons. The summed E-state index contributed by atoms with van der Waals surface area (Å²) in [4.78, 5) is 33.2. The molecule has 10 heteroatoms. The molecule has 0 saturated carbocycles. The van der Waals surface area contributed by atoms with Gasteiger partial charge in [-0.3, -0.25) is 25.0 Å². The van der Waals surface area contributed by atoms with Gasteiger partial charge in [0.2, 0.25) is 0 Å². The Labute approximate surface area is 151 Å². The minimum Gasteiger partial charge on any atom is -0.369 e. The van der Waals surface area contributed by atoms with Crippen molar-refractivity contribution in [1.82, 2.24) is 0 Å². The summed E-state index contributed by atoms with van der Waals surface area (Å²) in [6.45, 7) is 0. The highest BCUT2D eigenvalue weighted by Gasteiger charge is 2.26. The van der Waals surface area contributed by atoms with Crippen LogP contribution in [-0.4, -0.2) is 22.7 Å². The number of benzene rings is 2. The molecule has 1 atom stereocenters. The molecule has 1 unspecified atom stereocenters. The van der Waals surface area contributed by atoms with Crippen LogP contribution in [0, 0.1) is 20.2 Å². The molecule has 2 aromatic carbocycles. The Kier molecular flexibility index (Phi) is 5.68. The molecule has 0 aliphatic rings. The Morgan fingerprint density at radius 3 is 2.04 bits per heavy atom. The number of carbonyl (C=O) groups is 1. The van der Waals surface area contributed by atoms with E-state index in [-0.39, 0.29) is 26.9 Å². The molecule has 0 heterocycles.